The van der Waals surface area contributed by atoms with Crippen LogP contribution in [0.3, 0.4) is 0 Å². The van der Waals surface area contributed by atoms with Crippen molar-refractivity contribution in [2.24, 2.45) is 5.92 Å². The van der Waals surface area contributed by atoms with Crippen LogP contribution in [0.2, 0.25) is 0 Å². The Hall–Kier alpha value is -0.820. The predicted molar refractivity (Wildman–Crippen MR) is 70.4 cm³/mol. The summed E-state index contributed by atoms with van der Waals surface area (Å²) in [7, 11) is 0. The van der Waals surface area contributed by atoms with Crippen LogP contribution >= 0.6 is 0 Å². The highest BCUT2D eigenvalue weighted by molar-refractivity contribution is 5.17. The summed E-state index contributed by atoms with van der Waals surface area (Å²) in [6, 6.07) is 0.574. The largest absolute Gasteiger partial charge is 0.310 e. The quantitative estimate of drug-likeness (QED) is 0.709. The number of hydrogen-bond donors (Lipinski definition) is 1. The van der Waals surface area contributed by atoms with Crippen molar-refractivity contribution in [2.45, 2.75) is 45.1 Å². The summed E-state index contributed by atoms with van der Waals surface area (Å²) in [6.07, 6.45) is 13.2. The summed E-state index contributed by atoms with van der Waals surface area (Å²) in [5.41, 5.74) is 2.93. The minimum absolute atomic E-state index is 0.574. The van der Waals surface area contributed by atoms with Gasteiger partial charge in [-0.25, -0.2) is 0 Å². The van der Waals surface area contributed by atoms with Crippen molar-refractivity contribution in [3.63, 3.8) is 0 Å². The Kier molecular flexibility index (Phi) is 4.00. The van der Waals surface area contributed by atoms with Gasteiger partial charge in [0.05, 0.1) is 0 Å². The molecule has 2 rings (SSSR count). The van der Waals surface area contributed by atoms with Crippen LogP contribution in [0, 0.1) is 5.92 Å². The first kappa shape index (κ1) is 11.7. The summed E-state index contributed by atoms with van der Waals surface area (Å²) >= 11 is 0. The predicted octanol–water partition coefficient (Wildman–Crippen LogP) is 3.60. The second-order valence-electron chi connectivity index (χ2n) is 5.24. The normalized spacial score (nSPS) is 29.2. The molecule has 0 spiro atoms. The van der Waals surface area contributed by atoms with Crippen LogP contribution in [-0.2, 0) is 0 Å². The van der Waals surface area contributed by atoms with Crippen LogP contribution in [0.15, 0.2) is 36.0 Å². The fourth-order valence-electron chi connectivity index (χ4n) is 2.65. The Morgan fingerprint density at radius 2 is 2.44 bits per heavy atom. The molecule has 0 aromatic rings. The molecular formula is C15H23N. The Balaban J connectivity index is 1.73. The molecule has 0 bridgehead atoms. The van der Waals surface area contributed by atoms with Crippen LogP contribution < -0.4 is 5.32 Å². The van der Waals surface area contributed by atoms with Crippen molar-refractivity contribution < 1.29 is 0 Å². The molecule has 1 fully saturated rings. The van der Waals surface area contributed by atoms with Crippen molar-refractivity contribution >= 4 is 0 Å². The van der Waals surface area contributed by atoms with Gasteiger partial charge >= 0.3 is 0 Å². The van der Waals surface area contributed by atoms with E-state index >= 15 is 0 Å². The summed E-state index contributed by atoms with van der Waals surface area (Å²) < 4.78 is 0. The van der Waals surface area contributed by atoms with Gasteiger partial charge in [-0.3, -0.25) is 0 Å². The van der Waals surface area contributed by atoms with Crippen LogP contribution in [0.5, 0.6) is 0 Å². The topological polar surface area (TPSA) is 12.0 Å². The highest BCUT2D eigenvalue weighted by Gasteiger charge is 2.23. The van der Waals surface area contributed by atoms with E-state index in [0.29, 0.717) is 6.04 Å². The number of hydrogen-bond acceptors (Lipinski definition) is 1. The van der Waals surface area contributed by atoms with Gasteiger partial charge in [0.2, 0.25) is 0 Å². The van der Waals surface area contributed by atoms with Crippen molar-refractivity contribution in [3.05, 3.63) is 36.0 Å². The van der Waals surface area contributed by atoms with E-state index in [-0.39, 0.29) is 0 Å². The van der Waals surface area contributed by atoms with Gasteiger partial charge in [-0.2, -0.15) is 0 Å². The van der Waals surface area contributed by atoms with Gasteiger partial charge in [0.15, 0.2) is 0 Å². The first-order valence-electron chi connectivity index (χ1n) is 6.49. The molecule has 0 amide bonds. The molecule has 1 saturated heterocycles. The maximum absolute atomic E-state index is 4.04. The monoisotopic (exact) mass is 217 g/mol. The minimum atomic E-state index is 0.574. The molecule has 0 radical (unpaired) electrons. The smallest absolute Gasteiger partial charge is 0.0277 e. The molecule has 0 aromatic heterocycles. The first-order chi connectivity index (χ1) is 7.75. The van der Waals surface area contributed by atoms with Crippen molar-refractivity contribution in [2.75, 3.05) is 6.54 Å². The Labute approximate surface area is 99.3 Å². The average Bonchev–Trinajstić information content (AvgIpc) is 2.76. The second kappa shape index (κ2) is 5.49. The maximum atomic E-state index is 4.04. The van der Waals surface area contributed by atoms with E-state index in [1.54, 1.807) is 5.57 Å². The van der Waals surface area contributed by atoms with Gasteiger partial charge in [-0.1, -0.05) is 36.0 Å². The van der Waals surface area contributed by atoms with E-state index in [4.69, 9.17) is 0 Å². The molecule has 2 atom stereocenters. The van der Waals surface area contributed by atoms with Gasteiger partial charge < -0.3 is 5.32 Å². The van der Waals surface area contributed by atoms with Gasteiger partial charge in [0.25, 0.3) is 0 Å². The van der Waals surface area contributed by atoms with E-state index in [1.807, 2.05) is 0 Å². The molecule has 1 heterocycles. The third-order valence-electron chi connectivity index (χ3n) is 3.79. The molecule has 1 nitrogen and oxygen atoms in total. The molecule has 1 unspecified atom stereocenters. The molecule has 16 heavy (non-hydrogen) atoms. The summed E-state index contributed by atoms with van der Waals surface area (Å²) in [5.74, 6) is 0.855. The molecular weight excluding hydrogens is 194 g/mol. The third kappa shape index (κ3) is 3.08. The lowest BCUT2D eigenvalue weighted by molar-refractivity contribution is 0.519. The van der Waals surface area contributed by atoms with Crippen LogP contribution in [0.25, 0.3) is 0 Å². The van der Waals surface area contributed by atoms with Gasteiger partial charge in [0, 0.05) is 6.04 Å². The highest BCUT2D eigenvalue weighted by atomic mass is 14.9. The molecule has 0 saturated carbocycles. The fourth-order valence-corrected chi connectivity index (χ4v) is 2.65. The maximum Gasteiger partial charge on any atom is 0.0277 e. The average molecular weight is 217 g/mol. The third-order valence-corrected chi connectivity index (χ3v) is 3.79. The number of allylic oxidation sites excluding steroid dienone is 4. The first-order valence-corrected chi connectivity index (χ1v) is 6.49. The standard InChI is InChI=1S/C15H23N/c1-12(2)15-10-14(11-16-15)9-8-13-6-4-3-5-7-13/h3-4,6,14-16H,1,5,7-11H2,2H3/t14?,15-/m0/s1. The number of nitrogens with one attached hydrogen (secondary N) is 1. The number of rotatable bonds is 4. The molecule has 0 aromatic carbocycles. The zero-order valence-corrected chi connectivity index (χ0v) is 10.3. The Morgan fingerprint density at radius 3 is 3.06 bits per heavy atom. The SMILES string of the molecule is C=C(C)[C@@H]1CC(CCC2=CC=CCC2)CN1. The van der Waals surface area contributed by atoms with E-state index in [2.05, 4.69) is 37.0 Å². The molecule has 1 aliphatic carbocycles. The van der Waals surface area contributed by atoms with Crippen molar-refractivity contribution in [1.29, 1.82) is 0 Å². The van der Waals surface area contributed by atoms with Crippen LogP contribution in [0.4, 0.5) is 0 Å². The van der Waals surface area contributed by atoms with E-state index < -0.39 is 0 Å². The van der Waals surface area contributed by atoms with Crippen molar-refractivity contribution in [3.8, 4) is 0 Å². The summed E-state index contributed by atoms with van der Waals surface area (Å²) in [6.45, 7) is 7.35. The van der Waals surface area contributed by atoms with Gasteiger partial charge in [-0.15, -0.1) is 0 Å². The Morgan fingerprint density at radius 1 is 1.56 bits per heavy atom. The molecule has 88 valence electrons. The molecule has 1 heteroatoms. The van der Waals surface area contributed by atoms with E-state index in [0.717, 1.165) is 5.92 Å². The lowest BCUT2D eigenvalue weighted by Gasteiger charge is -2.13. The molecule has 1 N–H and O–H groups in total. The summed E-state index contributed by atoms with van der Waals surface area (Å²) in [4.78, 5) is 0. The zero-order chi connectivity index (χ0) is 11.4. The fraction of sp³-hybridized carbons (Fsp3) is 0.600. The molecule has 2 aliphatic rings. The Bertz CT molecular complexity index is 311. The van der Waals surface area contributed by atoms with E-state index in [1.165, 1.54) is 44.2 Å². The van der Waals surface area contributed by atoms with Crippen LogP contribution in [0.1, 0.15) is 39.0 Å². The zero-order valence-electron chi connectivity index (χ0n) is 10.3. The summed E-state index contributed by atoms with van der Waals surface area (Å²) in [5, 5.41) is 3.56. The second-order valence-corrected chi connectivity index (χ2v) is 5.24. The highest BCUT2D eigenvalue weighted by Crippen LogP contribution is 2.26. The van der Waals surface area contributed by atoms with Gasteiger partial charge in [-0.05, 0) is 51.5 Å². The van der Waals surface area contributed by atoms with Crippen LogP contribution in [-0.4, -0.2) is 12.6 Å². The van der Waals surface area contributed by atoms with E-state index in [9.17, 15) is 0 Å². The minimum Gasteiger partial charge on any atom is -0.310 e. The molecule has 1 aliphatic heterocycles. The lowest BCUT2D eigenvalue weighted by atomic mass is 9.92. The lowest BCUT2D eigenvalue weighted by Crippen LogP contribution is -2.21. The van der Waals surface area contributed by atoms with Crippen molar-refractivity contribution in [1.82, 2.24) is 5.32 Å². The van der Waals surface area contributed by atoms with Gasteiger partial charge in [0.1, 0.15) is 0 Å².